The van der Waals surface area contributed by atoms with E-state index in [1.807, 2.05) is 36.4 Å². The van der Waals surface area contributed by atoms with Crippen molar-refractivity contribution in [2.24, 2.45) is 5.41 Å². The van der Waals surface area contributed by atoms with Crippen molar-refractivity contribution >= 4 is 11.6 Å². The molecule has 0 aliphatic heterocycles. The average Bonchev–Trinajstić information content (AvgIpc) is 3.13. The van der Waals surface area contributed by atoms with Gasteiger partial charge in [-0.25, -0.2) is 4.98 Å². The predicted octanol–water partition coefficient (Wildman–Crippen LogP) is 2.95. The molecule has 0 amide bonds. The SMILES string of the molecule is COCc1cc(N(C)[C@@H]2C[C@H](Oc3ccccc3)C2(C)C)n2ncnc2n1. The van der Waals surface area contributed by atoms with Crippen molar-refractivity contribution < 1.29 is 9.47 Å². The highest BCUT2D eigenvalue weighted by Gasteiger charge is 2.52. The van der Waals surface area contributed by atoms with E-state index in [0.717, 1.165) is 23.7 Å². The van der Waals surface area contributed by atoms with Gasteiger partial charge in [-0.05, 0) is 12.1 Å². The van der Waals surface area contributed by atoms with E-state index in [2.05, 4.69) is 40.9 Å². The third-order valence-electron chi connectivity index (χ3n) is 5.55. The summed E-state index contributed by atoms with van der Waals surface area (Å²) in [5.74, 6) is 2.46. The molecule has 0 N–H and O–H groups in total. The summed E-state index contributed by atoms with van der Waals surface area (Å²) in [6.07, 6.45) is 2.64. The molecule has 3 aromatic rings. The number of rotatable bonds is 6. The molecule has 0 saturated heterocycles. The Balaban J connectivity index is 1.58. The fourth-order valence-electron chi connectivity index (χ4n) is 3.86. The molecule has 142 valence electrons. The normalized spacial score (nSPS) is 21.0. The summed E-state index contributed by atoms with van der Waals surface area (Å²) in [5.41, 5.74) is 0.830. The van der Waals surface area contributed by atoms with E-state index in [-0.39, 0.29) is 11.5 Å². The van der Waals surface area contributed by atoms with Gasteiger partial charge in [0.2, 0.25) is 0 Å². The number of nitrogens with zero attached hydrogens (tertiary/aromatic N) is 5. The molecule has 4 rings (SSSR count). The highest BCUT2D eigenvalue weighted by atomic mass is 16.5. The molecular formula is C20H25N5O2. The number of ether oxygens (including phenoxy) is 2. The Morgan fingerprint density at radius 1 is 1.26 bits per heavy atom. The van der Waals surface area contributed by atoms with E-state index < -0.39 is 0 Å². The largest absolute Gasteiger partial charge is 0.490 e. The summed E-state index contributed by atoms with van der Waals surface area (Å²) in [7, 11) is 3.76. The minimum Gasteiger partial charge on any atom is -0.490 e. The third kappa shape index (κ3) is 3.12. The zero-order valence-corrected chi connectivity index (χ0v) is 16.2. The molecule has 0 unspecified atom stereocenters. The van der Waals surface area contributed by atoms with Gasteiger partial charge in [-0.2, -0.15) is 14.6 Å². The van der Waals surface area contributed by atoms with E-state index in [0.29, 0.717) is 18.4 Å². The van der Waals surface area contributed by atoms with Crippen LogP contribution < -0.4 is 9.64 Å². The summed E-state index contributed by atoms with van der Waals surface area (Å²) in [6, 6.07) is 12.3. The Kier molecular flexibility index (Phi) is 4.47. The second-order valence-electron chi connectivity index (χ2n) is 7.61. The number of fused-ring (bicyclic) bond motifs is 1. The quantitative estimate of drug-likeness (QED) is 0.667. The maximum absolute atomic E-state index is 6.22. The number of para-hydroxylation sites is 1. The van der Waals surface area contributed by atoms with Gasteiger partial charge in [-0.15, -0.1) is 0 Å². The lowest BCUT2D eigenvalue weighted by Crippen LogP contribution is -2.62. The fraction of sp³-hybridized carbons (Fsp3) is 0.450. The second kappa shape index (κ2) is 6.81. The number of methoxy groups -OCH3 is 1. The number of benzene rings is 1. The van der Waals surface area contributed by atoms with Gasteiger partial charge in [0.15, 0.2) is 0 Å². The van der Waals surface area contributed by atoms with Gasteiger partial charge in [-0.3, -0.25) is 0 Å². The summed E-state index contributed by atoms with van der Waals surface area (Å²) in [6.45, 7) is 4.94. The molecule has 0 spiro atoms. The number of hydrogen-bond donors (Lipinski definition) is 0. The van der Waals surface area contributed by atoms with Crippen LogP contribution in [0.15, 0.2) is 42.7 Å². The van der Waals surface area contributed by atoms with Gasteiger partial charge in [-0.1, -0.05) is 32.0 Å². The molecule has 27 heavy (non-hydrogen) atoms. The van der Waals surface area contributed by atoms with Crippen LogP contribution in [0.25, 0.3) is 5.78 Å². The van der Waals surface area contributed by atoms with Gasteiger partial charge >= 0.3 is 0 Å². The molecule has 2 heterocycles. The first-order valence-electron chi connectivity index (χ1n) is 9.14. The zero-order chi connectivity index (χ0) is 19.0. The van der Waals surface area contributed by atoms with Crippen LogP contribution in [0.3, 0.4) is 0 Å². The zero-order valence-electron chi connectivity index (χ0n) is 16.2. The van der Waals surface area contributed by atoms with Gasteiger partial charge in [0, 0.05) is 38.1 Å². The van der Waals surface area contributed by atoms with Gasteiger partial charge in [0.25, 0.3) is 5.78 Å². The molecule has 0 radical (unpaired) electrons. The minimum atomic E-state index is -0.0117. The average molecular weight is 367 g/mol. The van der Waals surface area contributed by atoms with Crippen LogP contribution in [0.2, 0.25) is 0 Å². The van der Waals surface area contributed by atoms with E-state index in [9.17, 15) is 0 Å². The lowest BCUT2D eigenvalue weighted by molar-refractivity contribution is -0.0418. The van der Waals surface area contributed by atoms with Crippen molar-refractivity contribution in [3.8, 4) is 5.75 Å². The van der Waals surface area contributed by atoms with Crippen molar-refractivity contribution in [3.63, 3.8) is 0 Å². The number of hydrogen-bond acceptors (Lipinski definition) is 6. The van der Waals surface area contributed by atoms with Crippen molar-refractivity contribution in [2.45, 2.75) is 39.0 Å². The lowest BCUT2D eigenvalue weighted by Gasteiger charge is -2.55. The minimum absolute atomic E-state index is 0.0117. The maximum atomic E-state index is 6.22. The van der Waals surface area contributed by atoms with Crippen molar-refractivity contribution in [1.82, 2.24) is 19.6 Å². The van der Waals surface area contributed by atoms with Crippen molar-refractivity contribution in [1.29, 1.82) is 0 Å². The number of anilines is 1. The molecule has 0 bridgehead atoms. The summed E-state index contributed by atoms with van der Waals surface area (Å²) in [5, 5.41) is 4.35. The van der Waals surface area contributed by atoms with E-state index in [1.165, 1.54) is 6.33 Å². The Bertz CT molecular complexity index is 925. The summed E-state index contributed by atoms with van der Waals surface area (Å²) < 4.78 is 13.3. The Hall–Kier alpha value is -2.67. The van der Waals surface area contributed by atoms with Crippen LogP contribution in [-0.4, -0.2) is 45.9 Å². The van der Waals surface area contributed by atoms with Crippen LogP contribution >= 0.6 is 0 Å². The van der Waals surface area contributed by atoms with Crippen molar-refractivity contribution in [2.75, 3.05) is 19.1 Å². The summed E-state index contributed by atoms with van der Waals surface area (Å²) in [4.78, 5) is 11.0. The van der Waals surface area contributed by atoms with Crippen LogP contribution in [0.5, 0.6) is 5.75 Å². The van der Waals surface area contributed by atoms with E-state index in [4.69, 9.17) is 9.47 Å². The molecule has 2 aromatic heterocycles. The smallest absolute Gasteiger partial charge is 0.254 e. The number of aromatic nitrogens is 4. The van der Waals surface area contributed by atoms with Crippen LogP contribution in [-0.2, 0) is 11.3 Å². The van der Waals surface area contributed by atoms with Crippen LogP contribution in [0.4, 0.5) is 5.82 Å². The first-order chi connectivity index (χ1) is 13.0. The molecule has 1 aliphatic carbocycles. The fourth-order valence-corrected chi connectivity index (χ4v) is 3.86. The topological polar surface area (TPSA) is 64.8 Å². The monoisotopic (exact) mass is 367 g/mol. The first-order valence-corrected chi connectivity index (χ1v) is 9.14. The van der Waals surface area contributed by atoms with Crippen molar-refractivity contribution in [3.05, 3.63) is 48.4 Å². The highest BCUT2D eigenvalue weighted by molar-refractivity contribution is 5.49. The lowest BCUT2D eigenvalue weighted by atomic mass is 9.64. The Labute approximate surface area is 158 Å². The molecular weight excluding hydrogens is 342 g/mol. The summed E-state index contributed by atoms with van der Waals surface area (Å²) >= 11 is 0. The molecule has 2 atom stereocenters. The molecule has 7 nitrogen and oxygen atoms in total. The molecule has 1 saturated carbocycles. The van der Waals surface area contributed by atoms with E-state index >= 15 is 0 Å². The first kappa shape index (κ1) is 17.7. The third-order valence-corrected chi connectivity index (χ3v) is 5.55. The molecule has 7 heteroatoms. The molecule has 1 fully saturated rings. The predicted molar refractivity (Wildman–Crippen MR) is 103 cm³/mol. The van der Waals surface area contributed by atoms with Gasteiger partial charge < -0.3 is 14.4 Å². The standard InChI is InChI=1S/C20H25N5O2/c1-20(2)16(11-17(20)27-15-8-6-5-7-9-15)24(3)18-10-14(12-26-4)23-19-21-13-22-25(18)19/h5-10,13,16-17H,11-12H2,1-4H3/t16-,17+/m1/s1. The second-order valence-corrected chi connectivity index (χ2v) is 7.61. The van der Waals surface area contributed by atoms with Gasteiger partial charge in [0.1, 0.15) is 24.0 Å². The maximum Gasteiger partial charge on any atom is 0.254 e. The Morgan fingerprint density at radius 2 is 2.04 bits per heavy atom. The van der Waals surface area contributed by atoms with Crippen LogP contribution in [0.1, 0.15) is 26.0 Å². The highest BCUT2D eigenvalue weighted by Crippen LogP contribution is 2.46. The Morgan fingerprint density at radius 3 is 2.74 bits per heavy atom. The van der Waals surface area contributed by atoms with E-state index in [1.54, 1.807) is 11.6 Å². The molecule has 1 aliphatic rings. The molecule has 1 aromatic carbocycles. The van der Waals surface area contributed by atoms with Gasteiger partial charge in [0.05, 0.1) is 12.3 Å². The van der Waals surface area contributed by atoms with Crippen LogP contribution in [0, 0.1) is 5.41 Å².